The van der Waals surface area contributed by atoms with Crippen LogP contribution in [-0.2, 0) is 16.0 Å². The second kappa shape index (κ2) is 7.29. The fraction of sp³-hybridized carbons (Fsp3) is 0.562. The summed E-state index contributed by atoms with van der Waals surface area (Å²) < 4.78 is 5.50. The van der Waals surface area contributed by atoms with E-state index in [0.29, 0.717) is 25.0 Å². The van der Waals surface area contributed by atoms with E-state index in [4.69, 9.17) is 10.5 Å². The van der Waals surface area contributed by atoms with E-state index >= 15 is 0 Å². The number of nitrogens with two attached hydrogens (primary N) is 1. The molecule has 0 spiro atoms. The monoisotopic (exact) mass is 276 g/mol. The third-order valence-electron chi connectivity index (χ3n) is 3.78. The maximum Gasteiger partial charge on any atom is 0.220 e. The normalized spacial score (nSPS) is 21.2. The maximum atomic E-state index is 11.8. The van der Waals surface area contributed by atoms with Crippen molar-refractivity contribution in [2.24, 2.45) is 5.92 Å². The third-order valence-corrected chi connectivity index (χ3v) is 3.78. The van der Waals surface area contributed by atoms with Crippen LogP contribution in [0.25, 0.3) is 0 Å². The molecule has 2 rings (SSSR count). The van der Waals surface area contributed by atoms with E-state index in [1.54, 1.807) is 0 Å². The Kier molecular flexibility index (Phi) is 5.41. The standard InChI is InChI=1S/C16H24N2O2/c1-2-20-15-9-13(10-15)11-16(19)18-8-7-12-3-5-14(17)6-4-12/h3-6,13,15H,2,7-11,17H2,1H3,(H,18,19). The van der Waals surface area contributed by atoms with E-state index in [9.17, 15) is 4.79 Å². The lowest BCUT2D eigenvalue weighted by Crippen LogP contribution is -2.36. The van der Waals surface area contributed by atoms with Gasteiger partial charge in [0, 0.05) is 25.3 Å². The molecule has 20 heavy (non-hydrogen) atoms. The van der Waals surface area contributed by atoms with Crippen molar-refractivity contribution in [3.63, 3.8) is 0 Å². The van der Waals surface area contributed by atoms with E-state index in [-0.39, 0.29) is 5.91 Å². The summed E-state index contributed by atoms with van der Waals surface area (Å²) in [7, 11) is 0. The van der Waals surface area contributed by atoms with E-state index in [2.05, 4.69) is 5.32 Å². The van der Waals surface area contributed by atoms with Crippen molar-refractivity contribution >= 4 is 11.6 Å². The molecule has 0 aliphatic heterocycles. The van der Waals surface area contributed by atoms with Gasteiger partial charge in [-0.15, -0.1) is 0 Å². The van der Waals surface area contributed by atoms with E-state index in [1.165, 1.54) is 5.56 Å². The zero-order chi connectivity index (χ0) is 14.4. The highest BCUT2D eigenvalue weighted by molar-refractivity contribution is 5.76. The molecule has 3 N–H and O–H groups in total. The minimum absolute atomic E-state index is 0.153. The lowest BCUT2D eigenvalue weighted by molar-refractivity contribution is -0.124. The van der Waals surface area contributed by atoms with Crippen LogP contribution in [0.2, 0.25) is 0 Å². The van der Waals surface area contributed by atoms with Crippen LogP contribution in [0.5, 0.6) is 0 Å². The number of nitrogens with one attached hydrogen (secondary N) is 1. The minimum Gasteiger partial charge on any atom is -0.399 e. The van der Waals surface area contributed by atoms with Crippen LogP contribution in [-0.4, -0.2) is 25.2 Å². The Bertz CT molecular complexity index is 425. The Morgan fingerprint density at radius 3 is 2.70 bits per heavy atom. The summed E-state index contributed by atoms with van der Waals surface area (Å²) in [6.45, 7) is 3.47. The van der Waals surface area contributed by atoms with Gasteiger partial charge in [0.25, 0.3) is 0 Å². The Hall–Kier alpha value is -1.55. The molecule has 1 amide bonds. The van der Waals surface area contributed by atoms with E-state index in [0.717, 1.165) is 31.6 Å². The Morgan fingerprint density at radius 1 is 1.35 bits per heavy atom. The number of ether oxygens (including phenoxy) is 1. The highest BCUT2D eigenvalue weighted by Crippen LogP contribution is 2.32. The number of anilines is 1. The highest BCUT2D eigenvalue weighted by Gasteiger charge is 2.30. The lowest BCUT2D eigenvalue weighted by atomic mass is 9.80. The van der Waals surface area contributed by atoms with Gasteiger partial charge in [-0.05, 0) is 49.8 Å². The zero-order valence-corrected chi connectivity index (χ0v) is 12.1. The molecule has 0 heterocycles. The smallest absolute Gasteiger partial charge is 0.220 e. The molecular weight excluding hydrogens is 252 g/mol. The Balaban J connectivity index is 1.58. The average Bonchev–Trinajstić information content (AvgIpc) is 2.39. The highest BCUT2D eigenvalue weighted by atomic mass is 16.5. The zero-order valence-electron chi connectivity index (χ0n) is 12.1. The molecule has 1 fully saturated rings. The van der Waals surface area contributed by atoms with Gasteiger partial charge in [-0.25, -0.2) is 0 Å². The summed E-state index contributed by atoms with van der Waals surface area (Å²) in [5, 5.41) is 2.98. The number of nitrogen functional groups attached to an aromatic ring is 1. The topological polar surface area (TPSA) is 64.3 Å². The molecular formula is C16H24N2O2. The van der Waals surface area contributed by atoms with Gasteiger partial charge in [0.1, 0.15) is 0 Å². The van der Waals surface area contributed by atoms with Gasteiger partial charge in [0.15, 0.2) is 0 Å². The third kappa shape index (κ3) is 4.53. The largest absolute Gasteiger partial charge is 0.399 e. The van der Waals surface area contributed by atoms with E-state index in [1.807, 2.05) is 31.2 Å². The summed E-state index contributed by atoms with van der Waals surface area (Å²) in [5.41, 5.74) is 7.60. The molecule has 0 radical (unpaired) electrons. The minimum atomic E-state index is 0.153. The molecule has 1 saturated carbocycles. The van der Waals surface area contributed by atoms with Crippen LogP contribution in [0.3, 0.4) is 0 Å². The average molecular weight is 276 g/mol. The SMILES string of the molecule is CCOC1CC(CC(=O)NCCc2ccc(N)cc2)C1. The van der Waals surface area contributed by atoms with Gasteiger partial charge in [-0.3, -0.25) is 4.79 Å². The molecule has 0 aromatic heterocycles. The maximum absolute atomic E-state index is 11.8. The van der Waals surface area contributed by atoms with Crippen LogP contribution in [0.4, 0.5) is 5.69 Å². The molecule has 0 unspecified atom stereocenters. The first-order valence-corrected chi connectivity index (χ1v) is 7.40. The van der Waals surface area contributed by atoms with Gasteiger partial charge in [-0.1, -0.05) is 12.1 Å². The van der Waals surface area contributed by atoms with Gasteiger partial charge in [0.2, 0.25) is 5.91 Å². The number of benzene rings is 1. The summed E-state index contributed by atoms with van der Waals surface area (Å²) in [5.74, 6) is 0.656. The number of hydrogen-bond donors (Lipinski definition) is 2. The molecule has 110 valence electrons. The number of carbonyl (C=O) groups excluding carboxylic acids is 1. The van der Waals surface area contributed by atoms with Crippen molar-refractivity contribution in [3.8, 4) is 0 Å². The number of amides is 1. The summed E-state index contributed by atoms with van der Waals surface area (Å²) >= 11 is 0. The molecule has 0 atom stereocenters. The number of carbonyl (C=O) groups is 1. The number of hydrogen-bond acceptors (Lipinski definition) is 3. The van der Waals surface area contributed by atoms with Crippen molar-refractivity contribution in [1.82, 2.24) is 5.32 Å². The van der Waals surface area contributed by atoms with Crippen LogP contribution in [0.15, 0.2) is 24.3 Å². The second-order valence-corrected chi connectivity index (χ2v) is 5.46. The summed E-state index contributed by atoms with van der Waals surface area (Å²) in [6, 6.07) is 7.78. The van der Waals surface area contributed by atoms with Crippen molar-refractivity contribution in [3.05, 3.63) is 29.8 Å². The second-order valence-electron chi connectivity index (χ2n) is 5.46. The molecule has 0 bridgehead atoms. The number of rotatable bonds is 7. The Morgan fingerprint density at radius 2 is 2.05 bits per heavy atom. The quantitative estimate of drug-likeness (QED) is 0.750. The molecule has 4 heteroatoms. The van der Waals surface area contributed by atoms with E-state index < -0.39 is 0 Å². The van der Waals surface area contributed by atoms with Gasteiger partial charge >= 0.3 is 0 Å². The fourth-order valence-electron chi connectivity index (χ4n) is 2.58. The molecule has 4 nitrogen and oxygen atoms in total. The van der Waals surface area contributed by atoms with Crippen molar-refractivity contribution in [1.29, 1.82) is 0 Å². The predicted octanol–water partition coefficient (Wildman–Crippen LogP) is 2.13. The molecule has 1 aromatic rings. The first-order chi connectivity index (χ1) is 9.67. The van der Waals surface area contributed by atoms with Crippen LogP contribution in [0.1, 0.15) is 31.7 Å². The predicted molar refractivity (Wildman–Crippen MR) is 80.3 cm³/mol. The van der Waals surface area contributed by atoms with Gasteiger partial charge in [-0.2, -0.15) is 0 Å². The fourth-order valence-corrected chi connectivity index (χ4v) is 2.58. The van der Waals surface area contributed by atoms with Gasteiger partial charge in [0.05, 0.1) is 6.10 Å². The van der Waals surface area contributed by atoms with Crippen LogP contribution in [0, 0.1) is 5.92 Å². The van der Waals surface area contributed by atoms with Gasteiger partial charge < -0.3 is 15.8 Å². The summed E-state index contributed by atoms with van der Waals surface area (Å²) in [6.07, 6.45) is 3.91. The van der Waals surface area contributed by atoms with Crippen molar-refractivity contribution in [2.45, 2.75) is 38.7 Å². The Labute approximate surface area is 120 Å². The summed E-state index contributed by atoms with van der Waals surface area (Å²) in [4.78, 5) is 11.8. The van der Waals surface area contributed by atoms with Crippen molar-refractivity contribution in [2.75, 3.05) is 18.9 Å². The molecule has 1 aromatic carbocycles. The molecule has 0 saturated heterocycles. The van der Waals surface area contributed by atoms with Crippen LogP contribution >= 0.6 is 0 Å². The lowest BCUT2D eigenvalue weighted by Gasteiger charge is -2.34. The first kappa shape index (κ1) is 14.9. The molecule has 1 aliphatic carbocycles. The molecule has 1 aliphatic rings. The first-order valence-electron chi connectivity index (χ1n) is 7.40. The van der Waals surface area contributed by atoms with Crippen molar-refractivity contribution < 1.29 is 9.53 Å². The van der Waals surface area contributed by atoms with Crippen LogP contribution < -0.4 is 11.1 Å².